The lowest BCUT2D eigenvalue weighted by atomic mass is 10.1. The zero-order chi connectivity index (χ0) is 8.55. The molecule has 0 atom stereocenters. The predicted molar refractivity (Wildman–Crippen MR) is 46.8 cm³/mol. The largest absolute Gasteiger partial charge is 0.235 e. The third-order valence-electron chi connectivity index (χ3n) is 2.08. The summed E-state index contributed by atoms with van der Waals surface area (Å²) in [4.78, 5) is 4.17. The fourth-order valence-electron chi connectivity index (χ4n) is 1.18. The SMILES string of the molecule is Cc1cnc2nnccc2c1C. The Labute approximate surface area is 70.5 Å². The molecule has 0 saturated carbocycles. The third-order valence-corrected chi connectivity index (χ3v) is 2.08. The molecular weight excluding hydrogens is 150 g/mol. The van der Waals surface area contributed by atoms with Gasteiger partial charge in [0, 0.05) is 11.6 Å². The topological polar surface area (TPSA) is 38.7 Å². The van der Waals surface area contributed by atoms with E-state index in [1.165, 1.54) is 11.1 Å². The predicted octanol–water partition coefficient (Wildman–Crippen LogP) is 1.64. The molecule has 0 amide bonds. The molecule has 3 nitrogen and oxygen atoms in total. The summed E-state index contributed by atoms with van der Waals surface area (Å²) >= 11 is 0. The zero-order valence-corrected chi connectivity index (χ0v) is 7.07. The molecule has 0 fully saturated rings. The second-order valence-corrected chi connectivity index (χ2v) is 2.83. The third kappa shape index (κ3) is 0.942. The molecule has 2 aromatic heterocycles. The number of rotatable bonds is 0. The first-order chi connectivity index (χ1) is 5.79. The van der Waals surface area contributed by atoms with E-state index in [9.17, 15) is 0 Å². The first-order valence-corrected chi connectivity index (χ1v) is 3.82. The molecule has 2 aromatic rings. The van der Waals surface area contributed by atoms with Gasteiger partial charge in [0.2, 0.25) is 0 Å². The van der Waals surface area contributed by atoms with E-state index >= 15 is 0 Å². The number of pyridine rings is 1. The number of aryl methyl sites for hydroxylation is 2. The highest BCUT2D eigenvalue weighted by molar-refractivity contribution is 5.78. The number of fused-ring (bicyclic) bond motifs is 1. The lowest BCUT2D eigenvalue weighted by molar-refractivity contribution is 1.04. The quantitative estimate of drug-likeness (QED) is 0.586. The molecule has 0 spiro atoms. The van der Waals surface area contributed by atoms with Gasteiger partial charge in [-0.3, -0.25) is 0 Å². The standard InChI is InChI=1S/C9H9N3/c1-6-5-10-9-8(7(6)2)3-4-11-12-9/h3-5H,1-2H3. The van der Waals surface area contributed by atoms with Crippen molar-refractivity contribution < 1.29 is 0 Å². The van der Waals surface area contributed by atoms with Crippen LogP contribution in [-0.4, -0.2) is 15.2 Å². The van der Waals surface area contributed by atoms with Gasteiger partial charge in [0.1, 0.15) is 0 Å². The molecule has 2 rings (SSSR count). The Morgan fingerprint density at radius 1 is 1.25 bits per heavy atom. The first kappa shape index (κ1) is 7.16. The highest BCUT2D eigenvalue weighted by atomic mass is 15.1. The zero-order valence-electron chi connectivity index (χ0n) is 7.07. The Morgan fingerprint density at radius 3 is 2.92 bits per heavy atom. The van der Waals surface area contributed by atoms with Crippen molar-refractivity contribution in [3.63, 3.8) is 0 Å². The van der Waals surface area contributed by atoms with Gasteiger partial charge in [0.25, 0.3) is 0 Å². The Morgan fingerprint density at radius 2 is 2.08 bits per heavy atom. The second kappa shape index (κ2) is 2.52. The van der Waals surface area contributed by atoms with Crippen molar-refractivity contribution in [2.75, 3.05) is 0 Å². The van der Waals surface area contributed by atoms with Crippen molar-refractivity contribution in [2.45, 2.75) is 13.8 Å². The molecule has 60 valence electrons. The van der Waals surface area contributed by atoms with Crippen LogP contribution in [0.25, 0.3) is 11.0 Å². The first-order valence-electron chi connectivity index (χ1n) is 3.82. The average Bonchev–Trinajstić information content (AvgIpc) is 2.12. The molecular formula is C9H9N3. The van der Waals surface area contributed by atoms with Gasteiger partial charge in [-0.1, -0.05) is 0 Å². The van der Waals surface area contributed by atoms with E-state index in [4.69, 9.17) is 0 Å². The second-order valence-electron chi connectivity index (χ2n) is 2.83. The molecule has 0 aliphatic carbocycles. The van der Waals surface area contributed by atoms with Crippen molar-refractivity contribution in [2.24, 2.45) is 0 Å². The van der Waals surface area contributed by atoms with Gasteiger partial charge in [-0.2, -0.15) is 5.10 Å². The van der Waals surface area contributed by atoms with Crippen molar-refractivity contribution in [3.05, 3.63) is 29.6 Å². The molecule has 0 N–H and O–H groups in total. The molecule has 0 saturated heterocycles. The van der Waals surface area contributed by atoms with Gasteiger partial charge >= 0.3 is 0 Å². The average molecular weight is 159 g/mol. The summed E-state index contributed by atoms with van der Waals surface area (Å²) < 4.78 is 0. The monoisotopic (exact) mass is 159 g/mol. The van der Waals surface area contributed by atoms with E-state index in [1.807, 2.05) is 19.2 Å². The summed E-state index contributed by atoms with van der Waals surface area (Å²) in [5.74, 6) is 0. The number of nitrogens with zero attached hydrogens (tertiary/aromatic N) is 3. The molecule has 0 unspecified atom stereocenters. The smallest absolute Gasteiger partial charge is 0.182 e. The summed E-state index contributed by atoms with van der Waals surface area (Å²) in [7, 11) is 0. The van der Waals surface area contributed by atoms with Crippen LogP contribution in [0.4, 0.5) is 0 Å². The van der Waals surface area contributed by atoms with Crippen molar-refractivity contribution in [3.8, 4) is 0 Å². The highest BCUT2D eigenvalue weighted by Crippen LogP contribution is 2.15. The van der Waals surface area contributed by atoms with Crippen LogP contribution >= 0.6 is 0 Å². The van der Waals surface area contributed by atoms with E-state index in [2.05, 4.69) is 22.1 Å². The van der Waals surface area contributed by atoms with Gasteiger partial charge in [0.05, 0.1) is 6.20 Å². The summed E-state index contributed by atoms with van der Waals surface area (Å²) in [5.41, 5.74) is 3.14. The molecule has 0 aliphatic heterocycles. The molecule has 2 heterocycles. The molecule has 3 heteroatoms. The van der Waals surface area contributed by atoms with Gasteiger partial charge < -0.3 is 0 Å². The van der Waals surface area contributed by atoms with Crippen LogP contribution in [-0.2, 0) is 0 Å². The van der Waals surface area contributed by atoms with Gasteiger partial charge in [0.15, 0.2) is 5.65 Å². The van der Waals surface area contributed by atoms with Crippen LogP contribution in [0.5, 0.6) is 0 Å². The summed E-state index contributed by atoms with van der Waals surface area (Å²) in [6, 6.07) is 1.94. The van der Waals surface area contributed by atoms with Crippen LogP contribution in [0.2, 0.25) is 0 Å². The van der Waals surface area contributed by atoms with E-state index < -0.39 is 0 Å². The van der Waals surface area contributed by atoms with E-state index in [1.54, 1.807) is 6.20 Å². The van der Waals surface area contributed by atoms with Gasteiger partial charge in [-0.25, -0.2) is 4.98 Å². The summed E-state index contributed by atoms with van der Waals surface area (Å²) in [5, 5.41) is 8.78. The van der Waals surface area contributed by atoms with Crippen molar-refractivity contribution in [1.82, 2.24) is 15.2 Å². The van der Waals surface area contributed by atoms with E-state index in [-0.39, 0.29) is 0 Å². The molecule has 12 heavy (non-hydrogen) atoms. The lowest BCUT2D eigenvalue weighted by Gasteiger charge is -2.01. The minimum Gasteiger partial charge on any atom is -0.235 e. The Bertz CT molecular complexity index is 423. The molecule has 0 aliphatic rings. The van der Waals surface area contributed by atoms with Crippen LogP contribution in [0.1, 0.15) is 11.1 Å². The maximum Gasteiger partial charge on any atom is 0.182 e. The van der Waals surface area contributed by atoms with Crippen LogP contribution < -0.4 is 0 Å². The van der Waals surface area contributed by atoms with Crippen LogP contribution in [0, 0.1) is 13.8 Å². The van der Waals surface area contributed by atoms with Gasteiger partial charge in [-0.15, -0.1) is 5.10 Å². The number of hydrogen-bond donors (Lipinski definition) is 0. The lowest BCUT2D eigenvalue weighted by Crippen LogP contribution is -1.91. The minimum absolute atomic E-state index is 0.723. The summed E-state index contributed by atoms with van der Waals surface area (Å²) in [6.07, 6.45) is 3.52. The normalized spacial score (nSPS) is 10.5. The fourth-order valence-corrected chi connectivity index (χ4v) is 1.18. The maximum absolute atomic E-state index is 4.17. The summed E-state index contributed by atoms with van der Waals surface area (Å²) in [6.45, 7) is 4.11. The van der Waals surface area contributed by atoms with E-state index in [0.717, 1.165) is 11.0 Å². The Balaban J connectivity index is 2.91. The van der Waals surface area contributed by atoms with Crippen LogP contribution in [0.15, 0.2) is 18.5 Å². The van der Waals surface area contributed by atoms with E-state index in [0.29, 0.717) is 0 Å². The van der Waals surface area contributed by atoms with Crippen LogP contribution in [0.3, 0.4) is 0 Å². The fraction of sp³-hybridized carbons (Fsp3) is 0.222. The highest BCUT2D eigenvalue weighted by Gasteiger charge is 2.00. The van der Waals surface area contributed by atoms with Gasteiger partial charge in [-0.05, 0) is 31.0 Å². The number of aromatic nitrogens is 3. The number of hydrogen-bond acceptors (Lipinski definition) is 3. The maximum atomic E-state index is 4.17. The Hall–Kier alpha value is -1.51. The molecule has 0 aromatic carbocycles. The minimum atomic E-state index is 0.723. The molecule has 0 bridgehead atoms. The molecule has 0 radical (unpaired) electrons. The van der Waals surface area contributed by atoms with Crippen molar-refractivity contribution in [1.29, 1.82) is 0 Å². The van der Waals surface area contributed by atoms with Crippen molar-refractivity contribution >= 4 is 11.0 Å². The Kier molecular flexibility index (Phi) is 1.50.